The van der Waals surface area contributed by atoms with Crippen LogP contribution in [0.25, 0.3) is 0 Å². The van der Waals surface area contributed by atoms with Crippen LogP contribution in [0.2, 0.25) is 0 Å². The molecule has 0 aliphatic rings. The molecule has 0 aliphatic carbocycles. The Morgan fingerprint density at radius 2 is 1.92 bits per heavy atom. The summed E-state index contributed by atoms with van der Waals surface area (Å²) in [5, 5.41) is 8.26. The van der Waals surface area contributed by atoms with Gasteiger partial charge in [0.1, 0.15) is 5.82 Å². The van der Waals surface area contributed by atoms with E-state index in [0.717, 1.165) is 0 Å². The van der Waals surface area contributed by atoms with Gasteiger partial charge in [-0.05, 0) is 24.3 Å². The average molecular weight is 181 g/mol. The zero-order valence-electron chi connectivity index (χ0n) is 7.03. The molecule has 68 valence electrons. The van der Waals surface area contributed by atoms with Crippen molar-refractivity contribution in [3.05, 3.63) is 35.6 Å². The van der Waals surface area contributed by atoms with Crippen LogP contribution in [-0.4, -0.2) is 13.6 Å². The molecule has 1 aromatic rings. The summed E-state index contributed by atoms with van der Waals surface area (Å²) in [5.41, 5.74) is 0.483. The van der Waals surface area contributed by atoms with Gasteiger partial charge < -0.3 is 4.74 Å². The van der Waals surface area contributed by atoms with Crippen molar-refractivity contribution < 1.29 is 13.9 Å². The predicted octanol–water partition coefficient (Wildman–Crippen LogP) is 1.49. The van der Waals surface area contributed by atoms with Crippen molar-refractivity contribution in [1.82, 2.24) is 0 Å². The molecule has 0 saturated heterocycles. The number of carbonyl (C=O) groups excluding carboxylic acids is 1. The lowest BCUT2D eigenvalue weighted by Crippen LogP contribution is -1.73. The quantitative estimate of drug-likeness (QED) is 0.616. The highest BCUT2D eigenvalue weighted by molar-refractivity contribution is 5.36. The molecule has 0 radical (unpaired) electrons. The number of methoxy groups -OCH3 is 1. The Kier molecular flexibility index (Phi) is 5.81. The smallest absolute Gasteiger partial charge is 0.292 e. The fourth-order valence-electron chi connectivity index (χ4n) is 0.524. The van der Waals surface area contributed by atoms with Gasteiger partial charge in [-0.1, -0.05) is 0 Å². The Labute approximate surface area is 75.4 Å². The topological polar surface area (TPSA) is 50.1 Å². The van der Waals surface area contributed by atoms with E-state index in [1.807, 2.05) is 6.07 Å². The van der Waals surface area contributed by atoms with Gasteiger partial charge in [0.25, 0.3) is 6.47 Å². The van der Waals surface area contributed by atoms with E-state index >= 15 is 0 Å². The van der Waals surface area contributed by atoms with Gasteiger partial charge in [0.15, 0.2) is 0 Å². The maximum absolute atomic E-state index is 12.1. The van der Waals surface area contributed by atoms with Gasteiger partial charge in [0.05, 0.1) is 18.7 Å². The summed E-state index contributed by atoms with van der Waals surface area (Å²) in [6.07, 6.45) is 0. The molecule has 1 rings (SSSR count). The zero-order chi connectivity index (χ0) is 10.1. The maximum atomic E-state index is 12.1. The molecule has 0 aliphatic heterocycles. The molecule has 0 amide bonds. The zero-order valence-corrected chi connectivity index (χ0v) is 7.03. The first-order chi connectivity index (χ1) is 6.24. The summed E-state index contributed by atoms with van der Waals surface area (Å²) < 4.78 is 16.0. The minimum absolute atomic E-state index is 0.311. The minimum atomic E-state index is -0.311. The molecule has 3 nitrogen and oxygen atoms in total. The monoisotopic (exact) mass is 181 g/mol. The number of benzene rings is 1. The molecule has 0 N–H and O–H groups in total. The summed E-state index contributed by atoms with van der Waals surface area (Å²) in [5.74, 6) is -0.311. The van der Waals surface area contributed by atoms with Crippen LogP contribution in [0.3, 0.4) is 0 Å². The van der Waals surface area contributed by atoms with Gasteiger partial charge in [-0.2, -0.15) is 5.26 Å². The van der Waals surface area contributed by atoms with E-state index in [4.69, 9.17) is 10.1 Å². The third kappa shape index (κ3) is 5.39. The van der Waals surface area contributed by atoms with Crippen LogP contribution in [-0.2, 0) is 9.53 Å². The molecular weight excluding hydrogens is 173 g/mol. The maximum Gasteiger partial charge on any atom is 0.292 e. The summed E-state index contributed by atoms with van der Waals surface area (Å²) in [4.78, 5) is 8.95. The molecule has 0 aromatic heterocycles. The van der Waals surface area contributed by atoms with Crippen molar-refractivity contribution in [1.29, 1.82) is 5.26 Å². The lowest BCUT2D eigenvalue weighted by atomic mass is 10.2. The molecule has 0 unspecified atom stereocenters. The Balaban J connectivity index is 0.000000310. The Hall–Kier alpha value is -1.89. The summed E-state index contributed by atoms with van der Waals surface area (Å²) in [6, 6.07) is 7.29. The van der Waals surface area contributed by atoms with E-state index in [1.165, 1.54) is 31.4 Å². The molecule has 0 bridgehead atoms. The van der Waals surface area contributed by atoms with E-state index in [-0.39, 0.29) is 5.82 Å². The second-order valence-corrected chi connectivity index (χ2v) is 1.95. The van der Waals surface area contributed by atoms with E-state index in [0.29, 0.717) is 12.0 Å². The number of halogens is 1. The van der Waals surface area contributed by atoms with Gasteiger partial charge in [-0.25, -0.2) is 4.39 Å². The molecule has 13 heavy (non-hydrogen) atoms. The third-order valence-corrected chi connectivity index (χ3v) is 1.07. The highest BCUT2D eigenvalue weighted by atomic mass is 19.1. The molecule has 1 aromatic carbocycles. The summed E-state index contributed by atoms with van der Waals surface area (Å²) in [6.45, 7) is 0.375. The summed E-state index contributed by atoms with van der Waals surface area (Å²) in [7, 11) is 1.31. The SMILES string of the molecule is COC=O.N#Cc1ccc(F)cc1. The lowest BCUT2D eigenvalue weighted by Gasteiger charge is -1.84. The molecule has 4 heteroatoms. The summed E-state index contributed by atoms with van der Waals surface area (Å²) >= 11 is 0. The highest BCUT2D eigenvalue weighted by Crippen LogP contribution is 1.99. The van der Waals surface area contributed by atoms with E-state index < -0.39 is 0 Å². The predicted molar refractivity (Wildman–Crippen MR) is 44.2 cm³/mol. The first kappa shape index (κ1) is 11.1. The molecule has 0 saturated carbocycles. The Bertz CT molecular complexity index is 289. The number of rotatable bonds is 1. The molecule has 0 atom stereocenters. The van der Waals surface area contributed by atoms with Crippen LogP contribution in [0.5, 0.6) is 0 Å². The number of carbonyl (C=O) groups is 1. The largest absolute Gasteiger partial charge is 0.471 e. The standard InChI is InChI=1S/C7H4FN.C2H4O2/c8-7-3-1-6(5-9)2-4-7;1-4-2-3/h1-4H;2H,1H3. The lowest BCUT2D eigenvalue weighted by molar-refractivity contribution is -0.126. The van der Waals surface area contributed by atoms with E-state index in [1.54, 1.807) is 0 Å². The van der Waals surface area contributed by atoms with Crippen LogP contribution in [0.15, 0.2) is 24.3 Å². The first-order valence-corrected chi connectivity index (χ1v) is 3.36. The number of nitrogens with zero attached hydrogens (tertiary/aromatic N) is 1. The van der Waals surface area contributed by atoms with Gasteiger partial charge in [-0.15, -0.1) is 0 Å². The fraction of sp³-hybridized carbons (Fsp3) is 0.111. The van der Waals surface area contributed by atoms with Gasteiger partial charge in [0.2, 0.25) is 0 Å². The average Bonchev–Trinajstić information content (AvgIpc) is 2.19. The van der Waals surface area contributed by atoms with Crippen LogP contribution in [0.4, 0.5) is 4.39 Å². The molecule has 0 heterocycles. The second kappa shape index (κ2) is 6.80. The highest BCUT2D eigenvalue weighted by Gasteiger charge is 1.87. The van der Waals surface area contributed by atoms with Crippen LogP contribution in [0.1, 0.15) is 5.56 Å². The minimum Gasteiger partial charge on any atom is -0.471 e. The number of hydrogen-bond acceptors (Lipinski definition) is 3. The Morgan fingerprint density at radius 1 is 1.46 bits per heavy atom. The number of nitriles is 1. The van der Waals surface area contributed by atoms with Crippen molar-refractivity contribution in [3.8, 4) is 6.07 Å². The molecule has 0 spiro atoms. The number of hydrogen-bond donors (Lipinski definition) is 0. The van der Waals surface area contributed by atoms with Gasteiger partial charge in [-0.3, -0.25) is 4.79 Å². The second-order valence-electron chi connectivity index (χ2n) is 1.95. The van der Waals surface area contributed by atoms with Gasteiger partial charge in [0, 0.05) is 0 Å². The van der Waals surface area contributed by atoms with E-state index in [9.17, 15) is 4.39 Å². The van der Waals surface area contributed by atoms with E-state index in [2.05, 4.69) is 4.74 Å². The van der Waals surface area contributed by atoms with Crippen LogP contribution < -0.4 is 0 Å². The Morgan fingerprint density at radius 3 is 2.23 bits per heavy atom. The van der Waals surface area contributed by atoms with Crippen molar-refractivity contribution in [3.63, 3.8) is 0 Å². The fourth-order valence-corrected chi connectivity index (χ4v) is 0.524. The van der Waals surface area contributed by atoms with Crippen molar-refractivity contribution in [2.24, 2.45) is 0 Å². The third-order valence-electron chi connectivity index (χ3n) is 1.07. The first-order valence-electron chi connectivity index (χ1n) is 3.36. The van der Waals surface area contributed by atoms with Crippen molar-refractivity contribution in [2.75, 3.05) is 7.11 Å². The van der Waals surface area contributed by atoms with Crippen molar-refractivity contribution in [2.45, 2.75) is 0 Å². The molecule has 0 fully saturated rings. The number of ether oxygens (including phenoxy) is 1. The van der Waals surface area contributed by atoms with Crippen molar-refractivity contribution >= 4 is 6.47 Å². The normalized spacial score (nSPS) is 7.46. The molecular formula is C9H8FNO2. The van der Waals surface area contributed by atoms with Gasteiger partial charge >= 0.3 is 0 Å². The van der Waals surface area contributed by atoms with Crippen LogP contribution in [0, 0.1) is 17.1 Å². The van der Waals surface area contributed by atoms with Crippen LogP contribution >= 0.6 is 0 Å².